The van der Waals surface area contributed by atoms with E-state index < -0.39 is 0 Å². The Hall–Kier alpha value is -7.24. The Morgan fingerprint density at radius 2 is 0.948 bits per heavy atom. The SMILES string of the molecule is Cc1cc(C)c(B2c3cc4oc5ccccc5c4cc3N3c4cc5ccccc5cc4N(c4ccc5oc6ccccc6c5c4)c4cc5ccccc5c2c43)c(C)c1. The molecule has 0 radical (unpaired) electrons. The summed E-state index contributed by atoms with van der Waals surface area (Å²) in [6.07, 6.45) is 0. The van der Waals surface area contributed by atoms with E-state index in [0.29, 0.717) is 0 Å². The van der Waals surface area contributed by atoms with E-state index in [9.17, 15) is 0 Å². The number of furan rings is 2. The number of rotatable bonds is 2. The lowest BCUT2D eigenvalue weighted by Crippen LogP contribution is -2.59. The highest BCUT2D eigenvalue weighted by Crippen LogP contribution is 2.57. The summed E-state index contributed by atoms with van der Waals surface area (Å²) >= 11 is 0. The molecule has 9 aromatic carbocycles. The highest BCUT2D eigenvalue weighted by atomic mass is 16.3. The number of para-hydroxylation sites is 2. The fraction of sp³-hybridized carbons (Fsp3) is 0.0566. The summed E-state index contributed by atoms with van der Waals surface area (Å²) in [5.41, 5.74) is 18.3. The smallest absolute Gasteiger partial charge is 0.248 e. The number of hydrogen-bond donors (Lipinski definition) is 0. The second kappa shape index (κ2) is 11.4. The van der Waals surface area contributed by atoms with Gasteiger partial charge in [-0.25, -0.2) is 0 Å². The Balaban J connectivity index is 1.22. The van der Waals surface area contributed by atoms with Crippen LogP contribution in [0.5, 0.6) is 0 Å². The summed E-state index contributed by atoms with van der Waals surface area (Å²) in [7, 11) is 0. The van der Waals surface area contributed by atoms with Crippen LogP contribution in [0.1, 0.15) is 16.7 Å². The van der Waals surface area contributed by atoms with Crippen LogP contribution in [-0.4, -0.2) is 6.71 Å². The third-order valence-electron chi connectivity index (χ3n) is 12.8. The van der Waals surface area contributed by atoms with Gasteiger partial charge in [0.25, 0.3) is 0 Å². The van der Waals surface area contributed by atoms with Crippen LogP contribution in [0.25, 0.3) is 65.4 Å². The Labute approximate surface area is 335 Å². The Bertz CT molecular complexity index is 3570. The second-order valence-electron chi connectivity index (χ2n) is 16.3. The normalized spacial score (nSPS) is 13.3. The molecule has 0 unspecified atom stereocenters. The molecule has 0 bridgehead atoms. The standard InChI is InChI=1S/C53H35BN2O2/c1-30-22-31(2)51(32(3)23-30)54-42-29-50-41(39-17-9-11-19-48(39)58-50)28-43(42)56-45-25-34-13-5-4-12-33(34)24-44(45)55(46-26-35-14-6-7-15-37(35)52(54)53(46)56)36-20-21-49-40(27-36)38-16-8-10-18-47(38)57-49/h4-29H,1-3H3. The summed E-state index contributed by atoms with van der Waals surface area (Å²) in [6, 6.07) is 57.8. The molecule has 13 rings (SSSR count). The Morgan fingerprint density at radius 3 is 1.66 bits per heavy atom. The lowest BCUT2D eigenvalue weighted by Gasteiger charge is -2.46. The van der Waals surface area contributed by atoms with Gasteiger partial charge in [-0.15, -0.1) is 0 Å². The van der Waals surface area contributed by atoms with Gasteiger partial charge in [-0.05, 0) is 114 Å². The lowest BCUT2D eigenvalue weighted by molar-refractivity contribution is 0.668. The molecule has 0 saturated heterocycles. The molecule has 11 aromatic rings. The minimum absolute atomic E-state index is 0.0616. The third-order valence-corrected chi connectivity index (χ3v) is 12.8. The highest BCUT2D eigenvalue weighted by molar-refractivity contribution is 7.00. The number of benzene rings is 9. The summed E-state index contributed by atoms with van der Waals surface area (Å²) in [4.78, 5) is 5.08. The maximum absolute atomic E-state index is 6.69. The maximum Gasteiger partial charge on any atom is 0.248 e. The van der Waals surface area contributed by atoms with Gasteiger partial charge in [-0.3, -0.25) is 0 Å². The summed E-state index contributed by atoms with van der Waals surface area (Å²) in [6.45, 7) is 6.72. The van der Waals surface area contributed by atoms with Gasteiger partial charge < -0.3 is 18.6 Å². The molecule has 2 aliphatic rings. The van der Waals surface area contributed by atoms with Gasteiger partial charge in [-0.2, -0.15) is 0 Å². The number of fused-ring (bicyclic) bond motifs is 13. The van der Waals surface area contributed by atoms with Crippen molar-refractivity contribution in [3.8, 4) is 0 Å². The van der Waals surface area contributed by atoms with Crippen molar-refractivity contribution >= 4 is 123 Å². The Morgan fingerprint density at radius 1 is 0.397 bits per heavy atom. The molecule has 2 aliphatic heterocycles. The summed E-state index contributed by atoms with van der Waals surface area (Å²) < 4.78 is 13.1. The minimum atomic E-state index is -0.0616. The van der Waals surface area contributed by atoms with Crippen LogP contribution in [0.3, 0.4) is 0 Å². The predicted molar refractivity (Wildman–Crippen MR) is 244 cm³/mol. The first-order valence-corrected chi connectivity index (χ1v) is 20.1. The van der Waals surface area contributed by atoms with E-state index in [1.807, 2.05) is 6.07 Å². The predicted octanol–water partition coefficient (Wildman–Crippen LogP) is 12.8. The molecule has 272 valence electrons. The molecular formula is C53H35BN2O2. The molecule has 0 saturated carbocycles. The molecule has 4 nitrogen and oxygen atoms in total. The molecule has 0 aliphatic carbocycles. The molecule has 4 heterocycles. The quantitative estimate of drug-likeness (QED) is 0.165. The van der Waals surface area contributed by atoms with Crippen molar-refractivity contribution < 1.29 is 8.83 Å². The fourth-order valence-corrected chi connectivity index (χ4v) is 10.6. The topological polar surface area (TPSA) is 32.8 Å². The van der Waals surface area contributed by atoms with Crippen molar-refractivity contribution in [1.29, 1.82) is 0 Å². The molecule has 0 spiro atoms. The fourth-order valence-electron chi connectivity index (χ4n) is 10.6. The molecule has 5 heteroatoms. The third kappa shape index (κ3) is 4.25. The lowest BCUT2D eigenvalue weighted by atomic mass is 9.33. The monoisotopic (exact) mass is 742 g/mol. The first kappa shape index (κ1) is 31.9. The van der Waals surface area contributed by atoms with Crippen molar-refractivity contribution in [2.45, 2.75) is 20.8 Å². The van der Waals surface area contributed by atoms with Crippen molar-refractivity contribution in [2.75, 3.05) is 9.80 Å². The zero-order chi connectivity index (χ0) is 38.4. The molecular weight excluding hydrogens is 707 g/mol. The highest BCUT2D eigenvalue weighted by Gasteiger charge is 2.44. The van der Waals surface area contributed by atoms with Gasteiger partial charge in [0.2, 0.25) is 6.71 Å². The van der Waals surface area contributed by atoms with E-state index >= 15 is 0 Å². The zero-order valence-electron chi connectivity index (χ0n) is 32.3. The molecule has 0 atom stereocenters. The van der Waals surface area contributed by atoms with E-state index in [4.69, 9.17) is 8.83 Å². The largest absolute Gasteiger partial charge is 0.456 e. The van der Waals surface area contributed by atoms with Crippen LogP contribution in [0.4, 0.5) is 34.1 Å². The first-order chi connectivity index (χ1) is 28.5. The first-order valence-electron chi connectivity index (χ1n) is 20.1. The van der Waals surface area contributed by atoms with E-state index in [-0.39, 0.29) is 6.71 Å². The van der Waals surface area contributed by atoms with Gasteiger partial charge in [0.05, 0.1) is 22.7 Å². The molecule has 0 fully saturated rings. The second-order valence-corrected chi connectivity index (χ2v) is 16.3. The maximum atomic E-state index is 6.69. The zero-order valence-corrected chi connectivity index (χ0v) is 32.3. The van der Waals surface area contributed by atoms with Crippen LogP contribution in [-0.2, 0) is 0 Å². The van der Waals surface area contributed by atoms with E-state index in [1.165, 1.54) is 66.0 Å². The number of hydrogen-bond acceptors (Lipinski definition) is 4. The summed E-state index contributed by atoms with van der Waals surface area (Å²) in [5, 5.41) is 9.34. The molecule has 0 amide bonds. The van der Waals surface area contributed by atoms with Crippen molar-refractivity contribution in [3.63, 3.8) is 0 Å². The van der Waals surface area contributed by atoms with E-state index in [0.717, 1.165) is 66.6 Å². The van der Waals surface area contributed by atoms with Gasteiger partial charge in [0.15, 0.2) is 0 Å². The van der Waals surface area contributed by atoms with E-state index in [2.05, 4.69) is 182 Å². The van der Waals surface area contributed by atoms with E-state index in [1.54, 1.807) is 0 Å². The van der Waals surface area contributed by atoms with Crippen LogP contribution >= 0.6 is 0 Å². The molecule has 58 heavy (non-hydrogen) atoms. The van der Waals surface area contributed by atoms with Crippen molar-refractivity contribution in [2.24, 2.45) is 0 Å². The number of anilines is 6. The van der Waals surface area contributed by atoms with Crippen LogP contribution in [0.15, 0.2) is 167 Å². The van der Waals surface area contributed by atoms with Gasteiger partial charge in [-0.1, -0.05) is 119 Å². The number of aryl methyl sites for hydroxylation is 3. The minimum Gasteiger partial charge on any atom is -0.456 e. The molecule has 2 aromatic heterocycles. The Kier molecular flexibility index (Phi) is 6.29. The van der Waals surface area contributed by atoms with Crippen molar-refractivity contribution in [3.05, 3.63) is 174 Å². The molecule has 0 N–H and O–H groups in total. The van der Waals surface area contributed by atoms with Crippen LogP contribution < -0.4 is 26.2 Å². The van der Waals surface area contributed by atoms with Gasteiger partial charge >= 0.3 is 0 Å². The average molecular weight is 743 g/mol. The summed E-state index contributed by atoms with van der Waals surface area (Å²) in [5.74, 6) is 0. The van der Waals surface area contributed by atoms with Crippen molar-refractivity contribution in [1.82, 2.24) is 0 Å². The van der Waals surface area contributed by atoms with Crippen LogP contribution in [0, 0.1) is 20.8 Å². The van der Waals surface area contributed by atoms with Crippen LogP contribution in [0.2, 0.25) is 0 Å². The number of nitrogens with zero attached hydrogens (tertiary/aromatic N) is 2. The van der Waals surface area contributed by atoms with Gasteiger partial charge in [0.1, 0.15) is 22.3 Å². The van der Waals surface area contributed by atoms with Gasteiger partial charge in [0, 0.05) is 32.9 Å². The average Bonchev–Trinajstić information content (AvgIpc) is 3.80.